The SMILES string of the molecule is COc1c(F)cc(F)cc1N1CC(CSC(C)=O)CC1=O. The van der Waals surface area contributed by atoms with Crippen molar-refractivity contribution in [3.8, 4) is 5.75 Å². The predicted molar refractivity (Wildman–Crippen MR) is 76.5 cm³/mol. The zero-order valence-corrected chi connectivity index (χ0v) is 12.5. The zero-order valence-electron chi connectivity index (χ0n) is 11.7. The Morgan fingerprint density at radius 1 is 1.48 bits per heavy atom. The van der Waals surface area contributed by atoms with Gasteiger partial charge in [0.15, 0.2) is 16.7 Å². The van der Waals surface area contributed by atoms with E-state index in [0.29, 0.717) is 18.4 Å². The average Bonchev–Trinajstić information content (AvgIpc) is 2.76. The summed E-state index contributed by atoms with van der Waals surface area (Å²) in [5.41, 5.74) is 0.0929. The van der Waals surface area contributed by atoms with Crippen molar-refractivity contribution in [1.29, 1.82) is 0 Å². The van der Waals surface area contributed by atoms with Crippen molar-refractivity contribution < 1.29 is 23.1 Å². The number of methoxy groups -OCH3 is 1. The van der Waals surface area contributed by atoms with Gasteiger partial charge in [-0.05, 0) is 5.92 Å². The lowest BCUT2D eigenvalue weighted by atomic mass is 10.1. The van der Waals surface area contributed by atoms with Gasteiger partial charge in [0.25, 0.3) is 0 Å². The number of nitrogens with zero attached hydrogens (tertiary/aromatic N) is 1. The van der Waals surface area contributed by atoms with Gasteiger partial charge in [0, 0.05) is 37.8 Å². The van der Waals surface area contributed by atoms with Crippen molar-refractivity contribution in [3.63, 3.8) is 0 Å². The van der Waals surface area contributed by atoms with Crippen molar-refractivity contribution in [2.75, 3.05) is 24.3 Å². The van der Waals surface area contributed by atoms with Gasteiger partial charge in [-0.15, -0.1) is 0 Å². The second-order valence-corrected chi connectivity index (χ2v) is 6.01. The van der Waals surface area contributed by atoms with Crippen molar-refractivity contribution in [2.45, 2.75) is 13.3 Å². The fourth-order valence-electron chi connectivity index (χ4n) is 2.31. The van der Waals surface area contributed by atoms with Gasteiger partial charge in [0.05, 0.1) is 12.8 Å². The van der Waals surface area contributed by atoms with Crippen molar-refractivity contribution in [1.82, 2.24) is 0 Å². The van der Waals surface area contributed by atoms with E-state index in [1.807, 2.05) is 0 Å². The van der Waals surface area contributed by atoms with E-state index in [0.717, 1.165) is 17.8 Å². The topological polar surface area (TPSA) is 46.6 Å². The monoisotopic (exact) mass is 315 g/mol. The molecule has 1 aromatic carbocycles. The summed E-state index contributed by atoms with van der Waals surface area (Å²) >= 11 is 1.15. The molecule has 0 N–H and O–H groups in total. The third-order valence-corrected chi connectivity index (χ3v) is 4.26. The molecular formula is C14H15F2NO3S. The summed E-state index contributed by atoms with van der Waals surface area (Å²) < 4.78 is 32.0. The Balaban J connectivity index is 2.22. The van der Waals surface area contributed by atoms with Crippen molar-refractivity contribution >= 4 is 28.5 Å². The van der Waals surface area contributed by atoms with E-state index in [-0.39, 0.29) is 34.8 Å². The molecule has 1 amide bonds. The lowest BCUT2D eigenvalue weighted by Crippen LogP contribution is -2.25. The van der Waals surface area contributed by atoms with Gasteiger partial charge in [-0.2, -0.15) is 0 Å². The summed E-state index contributed by atoms with van der Waals surface area (Å²) in [5.74, 6) is -1.50. The van der Waals surface area contributed by atoms with Crippen LogP contribution in [0.2, 0.25) is 0 Å². The maximum absolute atomic E-state index is 13.7. The third-order valence-electron chi connectivity index (χ3n) is 3.21. The molecule has 0 spiro atoms. The van der Waals surface area contributed by atoms with Gasteiger partial charge < -0.3 is 9.64 Å². The Morgan fingerprint density at radius 2 is 2.19 bits per heavy atom. The first-order valence-corrected chi connectivity index (χ1v) is 7.37. The molecule has 1 unspecified atom stereocenters. The lowest BCUT2D eigenvalue weighted by Gasteiger charge is -2.20. The average molecular weight is 315 g/mol. The Kier molecular flexibility index (Phi) is 4.82. The molecule has 0 saturated carbocycles. The van der Waals surface area contributed by atoms with Gasteiger partial charge in [-0.1, -0.05) is 11.8 Å². The molecule has 114 valence electrons. The molecule has 1 saturated heterocycles. The van der Waals surface area contributed by atoms with Crippen LogP contribution in [0, 0.1) is 17.6 Å². The Labute approximate surface area is 125 Å². The number of hydrogen-bond acceptors (Lipinski definition) is 4. The number of rotatable bonds is 4. The highest BCUT2D eigenvalue weighted by atomic mass is 32.2. The first-order chi connectivity index (χ1) is 9.92. The number of benzene rings is 1. The van der Waals surface area contributed by atoms with Crippen LogP contribution in [0.4, 0.5) is 14.5 Å². The molecule has 1 aliphatic rings. The summed E-state index contributed by atoms with van der Waals surface area (Å²) in [6.45, 7) is 1.78. The molecule has 1 aliphatic heterocycles. The number of halogens is 2. The standard InChI is InChI=1S/C14H15F2NO3S/c1-8(18)21-7-9-3-13(19)17(6-9)12-5-10(15)4-11(16)14(12)20-2/h4-5,9H,3,6-7H2,1-2H3. The highest BCUT2D eigenvalue weighted by molar-refractivity contribution is 8.13. The molecule has 0 aromatic heterocycles. The Hall–Kier alpha value is -1.63. The normalized spacial score (nSPS) is 18.2. The van der Waals surface area contributed by atoms with Crippen LogP contribution in [0.3, 0.4) is 0 Å². The quantitative estimate of drug-likeness (QED) is 0.857. The molecule has 0 bridgehead atoms. The largest absolute Gasteiger partial charge is 0.492 e. The molecular weight excluding hydrogens is 300 g/mol. The molecule has 1 fully saturated rings. The molecule has 2 rings (SSSR count). The number of hydrogen-bond donors (Lipinski definition) is 0. The number of carbonyl (C=O) groups is 2. The molecule has 1 aromatic rings. The van der Waals surface area contributed by atoms with E-state index in [1.165, 1.54) is 18.9 Å². The first-order valence-electron chi connectivity index (χ1n) is 6.39. The van der Waals surface area contributed by atoms with Crippen LogP contribution >= 0.6 is 11.8 Å². The fraction of sp³-hybridized carbons (Fsp3) is 0.429. The fourth-order valence-corrected chi connectivity index (χ4v) is 3.00. The minimum Gasteiger partial charge on any atom is -0.492 e. The van der Waals surface area contributed by atoms with E-state index in [4.69, 9.17) is 4.74 Å². The molecule has 0 radical (unpaired) electrons. The van der Waals surface area contributed by atoms with E-state index in [9.17, 15) is 18.4 Å². The second-order valence-electron chi connectivity index (χ2n) is 4.82. The van der Waals surface area contributed by atoms with Crippen molar-refractivity contribution in [3.05, 3.63) is 23.8 Å². The molecule has 1 heterocycles. The first kappa shape index (κ1) is 15.8. The van der Waals surface area contributed by atoms with Crippen LogP contribution in [0.5, 0.6) is 5.75 Å². The van der Waals surface area contributed by atoms with Crippen LogP contribution < -0.4 is 9.64 Å². The van der Waals surface area contributed by atoms with Crippen molar-refractivity contribution in [2.24, 2.45) is 5.92 Å². The van der Waals surface area contributed by atoms with Gasteiger partial charge in [0.2, 0.25) is 5.91 Å². The van der Waals surface area contributed by atoms with Gasteiger partial charge in [-0.25, -0.2) is 8.78 Å². The van der Waals surface area contributed by atoms with Gasteiger partial charge in [0.1, 0.15) is 5.82 Å². The molecule has 7 heteroatoms. The minimum absolute atomic E-state index is 0.0183. The third kappa shape index (κ3) is 3.53. The summed E-state index contributed by atoms with van der Waals surface area (Å²) in [4.78, 5) is 24.3. The lowest BCUT2D eigenvalue weighted by molar-refractivity contribution is -0.117. The number of thioether (sulfide) groups is 1. The summed E-state index contributed by atoms with van der Waals surface area (Å²) in [6, 6.07) is 1.80. The Bertz CT molecular complexity index is 580. The van der Waals surface area contributed by atoms with Crippen LogP contribution in [0.25, 0.3) is 0 Å². The van der Waals surface area contributed by atoms with E-state index in [2.05, 4.69) is 0 Å². The molecule has 4 nitrogen and oxygen atoms in total. The zero-order chi connectivity index (χ0) is 15.6. The van der Waals surface area contributed by atoms with Crippen LogP contribution in [-0.4, -0.2) is 30.4 Å². The maximum Gasteiger partial charge on any atom is 0.227 e. The van der Waals surface area contributed by atoms with Gasteiger partial charge >= 0.3 is 0 Å². The number of carbonyl (C=O) groups excluding carboxylic acids is 2. The van der Waals surface area contributed by atoms with Crippen LogP contribution in [0.1, 0.15) is 13.3 Å². The minimum atomic E-state index is -0.845. The van der Waals surface area contributed by atoms with Gasteiger partial charge in [-0.3, -0.25) is 9.59 Å². The van der Waals surface area contributed by atoms with Crippen LogP contribution in [0.15, 0.2) is 12.1 Å². The summed E-state index contributed by atoms with van der Waals surface area (Å²) in [6.07, 6.45) is 0.252. The second kappa shape index (κ2) is 6.43. The van der Waals surface area contributed by atoms with E-state index >= 15 is 0 Å². The molecule has 0 aliphatic carbocycles. The summed E-state index contributed by atoms with van der Waals surface area (Å²) in [5, 5.41) is -0.0183. The summed E-state index contributed by atoms with van der Waals surface area (Å²) in [7, 11) is 1.27. The highest BCUT2D eigenvalue weighted by Crippen LogP contribution is 2.36. The number of amides is 1. The van der Waals surface area contributed by atoms with Crippen LogP contribution in [-0.2, 0) is 9.59 Å². The van der Waals surface area contributed by atoms with E-state index in [1.54, 1.807) is 0 Å². The van der Waals surface area contributed by atoms with E-state index < -0.39 is 11.6 Å². The molecule has 21 heavy (non-hydrogen) atoms. The number of ether oxygens (including phenoxy) is 1. The molecule has 1 atom stereocenters. The number of anilines is 1. The predicted octanol–water partition coefficient (Wildman–Crippen LogP) is 2.61. The smallest absolute Gasteiger partial charge is 0.227 e. The maximum atomic E-state index is 13.7. The highest BCUT2D eigenvalue weighted by Gasteiger charge is 2.33. The Morgan fingerprint density at radius 3 is 2.81 bits per heavy atom.